The topological polar surface area (TPSA) is 74.3 Å². The highest BCUT2D eigenvalue weighted by Gasteiger charge is 2.28. The van der Waals surface area contributed by atoms with Crippen molar-refractivity contribution in [2.45, 2.75) is 45.2 Å². The fourth-order valence-electron chi connectivity index (χ4n) is 4.42. The Kier molecular flexibility index (Phi) is 7.58. The lowest BCUT2D eigenvalue weighted by molar-refractivity contribution is 0.0936. The van der Waals surface area contributed by atoms with Crippen LogP contribution in [0.4, 0.5) is 4.79 Å². The van der Waals surface area contributed by atoms with Crippen LogP contribution in [0.25, 0.3) is 0 Å². The molecule has 1 fully saturated rings. The number of likely N-dealkylation sites (tertiary alicyclic amines) is 1. The van der Waals surface area contributed by atoms with Gasteiger partial charge in [-0.15, -0.1) is 0 Å². The Morgan fingerprint density at radius 1 is 0.971 bits per heavy atom. The third kappa shape index (κ3) is 5.81. The second-order valence-corrected chi connectivity index (χ2v) is 8.90. The number of nitrogens with zero attached hydrogens (tertiary/aromatic N) is 2. The Balaban J connectivity index is 1.38. The average molecular weight is 457 g/mol. The summed E-state index contributed by atoms with van der Waals surface area (Å²) in [6.07, 6.45) is 1.56. The van der Waals surface area contributed by atoms with E-state index in [-0.39, 0.29) is 23.9 Å². The molecule has 0 aliphatic carbocycles. The number of piperidine rings is 1. The van der Waals surface area contributed by atoms with Gasteiger partial charge in [0.1, 0.15) is 0 Å². The minimum Gasteiger partial charge on any atom is -0.345 e. The van der Waals surface area contributed by atoms with E-state index in [1.165, 1.54) is 0 Å². The van der Waals surface area contributed by atoms with Crippen LogP contribution in [0.15, 0.2) is 72.8 Å². The zero-order valence-corrected chi connectivity index (χ0v) is 19.8. The molecule has 1 aliphatic heterocycles. The van der Waals surface area contributed by atoms with Crippen molar-refractivity contribution in [1.29, 1.82) is 0 Å². The summed E-state index contributed by atoms with van der Waals surface area (Å²) in [4.78, 5) is 32.4. The van der Waals surface area contributed by atoms with E-state index in [0.717, 1.165) is 35.4 Å². The predicted molar refractivity (Wildman–Crippen MR) is 134 cm³/mol. The molecular formula is C28H32N4O2. The fraction of sp³-hybridized carbons (Fsp3) is 0.321. The molecule has 6 nitrogen and oxygen atoms in total. The molecule has 0 bridgehead atoms. The number of hydrogen-bond acceptors (Lipinski definition) is 3. The van der Waals surface area contributed by atoms with Crippen LogP contribution in [0.1, 0.15) is 64.6 Å². The van der Waals surface area contributed by atoms with E-state index in [1.54, 1.807) is 0 Å². The molecule has 1 unspecified atom stereocenters. The van der Waals surface area contributed by atoms with Crippen LogP contribution in [0.3, 0.4) is 0 Å². The van der Waals surface area contributed by atoms with Crippen LogP contribution >= 0.6 is 0 Å². The van der Waals surface area contributed by atoms with Crippen LogP contribution in [0.5, 0.6) is 0 Å². The molecule has 0 spiro atoms. The largest absolute Gasteiger partial charge is 0.345 e. The van der Waals surface area contributed by atoms with Gasteiger partial charge in [-0.25, -0.2) is 4.79 Å². The van der Waals surface area contributed by atoms with E-state index in [2.05, 4.69) is 10.6 Å². The molecule has 1 aliphatic rings. The van der Waals surface area contributed by atoms with E-state index < -0.39 is 0 Å². The molecule has 6 heteroatoms. The fourth-order valence-corrected chi connectivity index (χ4v) is 4.42. The highest BCUT2D eigenvalue weighted by molar-refractivity contribution is 5.95. The van der Waals surface area contributed by atoms with Gasteiger partial charge < -0.3 is 15.5 Å². The second kappa shape index (κ2) is 11.0. The summed E-state index contributed by atoms with van der Waals surface area (Å²) in [6.45, 7) is 5.73. The van der Waals surface area contributed by atoms with Crippen molar-refractivity contribution < 1.29 is 9.59 Å². The molecule has 4 rings (SSSR count). The lowest BCUT2D eigenvalue weighted by Crippen LogP contribution is -2.44. The summed E-state index contributed by atoms with van der Waals surface area (Å²) in [7, 11) is 0. The van der Waals surface area contributed by atoms with Crippen LogP contribution in [-0.2, 0) is 6.54 Å². The first kappa shape index (κ1) is 23.5. The number of urea groups is 1. The molecule has 3 aromatic rings. The normalized spacial score (nSPS) is 14.9. The number of aromatic nitrogens is 1. The van der Waals surface area contributed by atoms with Crippen molar-refractivity contribution in [1.82, 2.24) is 20.5 Å². The molecular weight excluding hydrogens is 424 g/mol. The van der Waals surface area contributed by atoms with E-state index in [0.29, 0.717) is 25.2 Å². The zero-order valence-electron chi connectivity index (χ0n) is 19.8. The summed E-state index contributed by atoms with van der Waals surface area (Å²) >= 11 is 0. The van der Waals surface area contributed by atoms with Gasteiger partial charge in [-0.3, -0.25) is 9.78 Å². The van der Waals surface area contributed by atoms with Gasteiger partial charge in [0.15, 0.2) is 0 Å². The quantitative estimate of drug-likeness (QED) is 0.550. The summed E-state index contributed by atoms with van der Waals surface area (Å²) in [5.74, 6) is 0.0349. The molecule has 1 saturated heterocycles. The van der Waals surface area contributed by atoms with E-state index in [4.69, 9.17) is 4.98 Å². The SMILES string of the molecule is Cc1ccc(C(=O)NC(C)c2ccccc2)c(C2CCN(C(=O)NCc3ccccc3)CC2)n1. The van der Waals surface area contributed by atoms with Crippen LogP contribution in [0, 0.1) is 6.92 Å². The Bertz CT molecular complexity index is 1110. The third-order valence-corrected chi connectivity index (χ3v) is 6.41. The lowest BCUT2D eigenvalue weighted by atomic mass is 9.90. The molecule has 176 valence electrons. The molecule has 1 atom stereocenters. The number of amides is 3. The summed E-state index contributed by atoms with van der Waals surface area (Å²) in [5.41, 5.74) is 4.50. The number of aryl methyl sites for hydroxylation is 1. The zero-order chi connectivity index (χ0) is 23.9. The number of rotatable bonds is 6. The lowest BCUT2D eigenvalue weighted by Gasteiger charge is -2.32. The predicted octanol–water partition coefficient (Wildman–Crippen LogP) is 4.97. The monoisotopic (exact) mass is 456 g/mol. The number of pyridine rings is 1. The van der Waals surface area contributed by atoms with Gasteiger partial charge >= 0.3 is 6.03 Å². The van der Waals surface area contributed by atoms with Gasteiger partial charge in [-0.05, 0) is 49.9 Å². The number of benzene rings is 2. The van der Waals surface area contributed by atoms with Crippen LogP contribution in [0.2, 0.25) is 0 Å². The van der Waals surface area contributed by atoms with Gasteiger partial charge in [-0.2, -0.15) is 0 Å². The number of carbonyl (C=O) groups is 2. The first-order chi connectivity index (χ1) is 16.5. The number of carbonyl (C=O) groups excluding carboxylic acids is 2. The van der Waals surface area contributed by atoms with Crippen molar-refractivity contribution in [3.63, 3.8) is 0 Å². The standard InChI is InChI=1S/C28H32N4O2/c1-20-13-14-25(27(33)31-21(2)23-11-7-4-8-12-23)26(30-20)24-15-17-32(18-16-24)28(34)29-19-22-9-5-3-6-10-22/h3-14,21,24H,15-19H2,1-2H3,(H,29,34)(H,31,33). The van der Waals surface area contributed by atoms with E-state index >= 15 is 0 Å². The van der Waals surface area contributed by atoms with Gasteiger partial charge in [0, 0.05) is 31.2 Å². The molecule has 3 amide bonds. The van der Waals surface area contributed by atoms with Gasteiger partial charge in [0.05, 0.1) is 17.3 Å². The summed E-state index contributed by atoms with van der Waals surface area (Å²) in [6, 6.07) is 23.5. The van der Waals surface area contributed by atoms with Gasteiger partial charge in [-0.1, -0.05) is 60.7 Å². The molecule has 0 radical (unpaired) electrons. The Labute approximate surface area is 201 Å². The maximum atomic E-state index is 13.2. The van der Waals surface area contributed by atoms with E-state index in [9.17, 15) is 9.59 Å². The van der Waals surface area contributed by atoms with Gasteiger partial charge in [0.2, 0.25) is 0 Å². The Hall–Kier alpha value is -3.67. The molecule has 2 heterocycles. The smallest absolute Gasteiger partial charge is 0.317 e. The van der Waals surface area contributed by atoms with Crippen molar-refractivity contribution in [3.05, 3.63) is 101 Å². The molecule has 2 aromatic carbocycles. The molecule has 2 N–H and O–H groups in total. The summed E-state index contributed by atoms with van der Waals surface area (Å²) < 4.78 is 0. The van der Waals surface area contributed by atoms with Crippen molar-refractivity contribution >= 4 is 11.9 Å². The van der Waals surface area contributed by atoms with Crippen molar-refractivity contribution in [2.75, 3.05) is 13.1 Å². The third-order valence-electron chi connectivity index (χ3n) is 6.41. The van der Waals surface area contributed by atoms with Gasteiger partial charge in [0.25, 0.3) is 5.91 Å². The molecule has 34 heavy (non-hydrogen) atoms. The minimum atomic E-state index is -0.109. The molecule has 1 aromatic heterocycles. The first-order valence-electron chi connectivity index (χ1n) is 11.9. The van der Waals surface area contributed by atoms with Crippen molar-refractivity contribution in [3.8, 4) is 0 Å². The maximum Gasteiger partial charge on any atom is 0.317 e. The maximum absolute atomic E-state index is 13.2. The second-order valence-electron chi connectivity index (χ2n) is 8.90. The summed E-state index contributed by atoms with van der Waals surface area (Å²) in [5, 5.41) is 6.12. The highest BCUT2D eigenvalue weighted by Crippen LogP contribution is 2.30. The Morgan fingerprint density at radius 3 is 2.29 bits per heavy atom. The van der Waals surface area contributed by atoms with E-state index in [1.807, 2.05) is 91.5 Å². The highest BCUT2D eigenvalue weighted by atomic mass is 16.2. The molecule has 0 saturated carbocycles. The number of nitrogens with one attached hydrogen (secondary N) is 2. The van der Waals surface area contributed by atoms with Crippen molar-refractivity contribution in [2.24, 2.45) is 0 Å². The Morgan fingerprint density at radius 2 is 1.62 bits per heavy atom. The number of hydrogen-bond donors (Lipinski definition) is 2. The minimum absolute atomic E-state index is 0.0471. The van der Waals surface area contributed by atoms with Crippen LogP contribution in [-0.4, -0.2) is 34.9 Å². The first-order valence-corrected chi connectivity index (χ1v) is 11.9. The average Bonchev–Trinajstić information content (AvgIpc) is 2.88. The van der Waals surface area contributed by atoms with Crippen LogP contribution < -0.4 is 10.6 Å².